The van der Waals surface area contributed by atoms with E-state index in [-0.39, 0.29) is 0 Å². The minimum absolute atomic E-state index is 0.728. The van der Waals surface area contributed by atoms with Gasteiger partial charge in [0.1, 0.15) is 0 Å². The van der Waals surface area contributed by atoms with E-state index in [0.717, 1.165) is 26.1 Å². The van der Waals surface area contributed by atoms with Crippen LogP contribution in [0.3, 0.4) is 0 Å². The molecule has 0 bridgehead atoms. The van der Waals surface area contributed by atoms with E-state index in [1.807, 2.05) is 0 Å². The Hall–Kier alpha value is -0.860. The molecule has 3 N–H and O–H groups in total. The largest absolute Gasteiger partial charge is 0.330 e. The molecule has 0 aromatic heterocycles. The molecular weight excluding hydrogens is 184 g/mol. The molecule has 0 amide bonds. The number of nitrogens with one attached hydrogen (secondary N) is 1. The summed E-state index contributed by atoms with van der Waals surface area (Å²) in [7, 11) is 0. The third-order valence-electron chi connectivity index (χ3n) is 2.55. The van der Waals surface area contributed by atoms with Crippen molar-refractivity contribution >= 4 is 0 Å². The second-order valence-electron chi connectivity index (χ2n) is 3.84. The van der Waals surface area contributed by atoms with Crippen molar-refractivity contribution in [2.75, 3.05) is 13.1 Å². The van der Waals surface area contributed by atoms with E-state index in [1.165, 1.54) is 24.0 Å². The van der Waals surface area contributed by atoms with Crippen molar-refractivity contribution in [1.82, 2.24) is 5.32 Å². The highest BCUT2D eigenvalue weighted by atomic mass is 14.8. The Morgan fingerprint density at radius 1 is 1.20 bits per heavy atom. The Labute approximate surface area is 92.9 Å². The van der Waals surface area contributed by atoms with Crippen LogP contribution < -0.4 is 11.1 Å². The summed E-state index contributed by atoms with van der Waals surface area (Å²) in [5.41, 5.74) is 8.35. The van der Waals surface area contributed by atoms with E-state index in [2.05, 4.69) is 36.5 Å². The molecule has 15 heavy (non-hydrogen) atoms. The van der Waals surface area contributed by atoms with Gasteiger partial charge in [-0.05, 0) is 37.1 Å². The number of unbranched alkanes of at least 4 members (excludes halogenated alkanes) is 1. The van der Waals surface area contributed by atoms with Crippen molar-refractivity contribution in [3.05, 3.63) is 35.4 Å². The molecule has 0 fully saturated rings. The third kappa shape index (κ3) is 4.45. The molecule has 2 nitrogen and oxygen atoms in total. The monoisotopic (exact) mass is 206 g/mol. The van der Waals surface area contributed by atoms with Crippen LogP contribution in [0.1, 0.15) is 30.9 Å². The van der Waals surface area contributed by atoms with Crippen molar-refractivity contribution in [2.45, 2.75) is 32.7 Å². The molecule has 0 spiro atoms. The molecule has 0 atom stereocenters. The molecule has 0 saturated heterocycles. The lowest BCUT2D eigenvalue weighted by atomic mass is 10.0. The summed E-state index contributed by atoms with van der Waals surface area (Å²) >= 11 is 0. The second-order valence-corrected chi connectivity index (χ2v) is 3.84. The van der Waals surface area contributed by atoms with Crippen LogP contribution in [0.2, 0.25) is 0 Å². The van der Waals surface area contributed by atoms with Crippen molar-refractivity contribution < 1.29 is 0 Å². The highest BCUT2D eigenvalue weighted by molar-refractivity contribution is 5.27. The van der Waals surface area contributed by atoms with Gasteiger partial charge in [-0.3, -0.25) is 0 Å². The first-order valence-corrected chi connectivity index (χ1v) is 5.86. The SMILES string of the molecule is CCCCNCc1ccccc1CCN. The lowest BCUT2D eigenvalue weighted by Crippen LogP contribution is -2.16. The van der Waals surface area contributed by atoms with Gasteiger partial charge in [0.05, 0.1) is 0 Å². The maximum atomic E-state index is 5.59. The Balaban J connectivity index is 2.44. The maximum absolute atomic E-state index is 5.59. The zero-order valence-electron chi connectivity index (χ0n) is 9.63. The Morgan fingerprint density at radius 3 is 2.60 bits per heavy atom. The summed E-state index contributed by atoms with van der Waals surface area (Å²) in [4.78, 5) is 0. The Morgan fingerprint density at radius 2 is 1.93 bits per heavy atom. The van der Waals surface area contributed by atoms with Crippen LogP contribution in [0.25, 0.3) is 0 Å². The fourth-order valence-electron chi connectivity index (χ4n) is 1.65. The summed E-state index contributed by atoms with van der Waals surface area (Å²) in [6.45, 7) is 5.01. The van der Waals surface area contributed by atoms with E-state index >= 15 is 0 Å². The van der Waals surface area contributed by atoms with E-state index in [0.29, 0.717) is 0 Å². The second kappa shape index (κ2) is 7.43. The molecule has 0 unspecified atom stereocenters. The van der Waals surface area contributed by atoms with Gasteiger partial charge in [0.25, 0.3) is 0 Å². The molecule has 0 aliphatic carbocycles. The van der Waals surface area contributed by atoms with Gasteiger partial charge in [0, 0.05) is 6.54 Å². The number of hydrogen-bond donors (Lipinski definition) is 2. The quantitative estimate of drug-likeness (QED) is 0.670. The fourth-order valence-corrected chi connectivity index (χ4v) is 1.65. The first kappa shape index (κ1) is 12.2. The van der Waals surface area contributed by atoms with Gasteiger partial charge in [0.15, 0.2) is 0 Å². The first-order valence-electron chi connectivity index (χ1n) is 5.86. The average Bonchev–Trinajstić information content (AvgIpc) is 2.27. The molecule has 1 aromatic rings. The first-order chi connectivity index (χ1) is 7.38. The Kier molecular flexibility index (Phi) is 6.05. The lowest BCUT2D eigenvalue weighted by Gasteiger charge is -2.09. The van der Waals surface area contributed by atoms with Crippen LogP contribution in [0, 0.1) is 0 Å². The van der Waals surface area contributed by atoms with Gasteiger partial charge in [0.2, 0.25) is 0 Å². The van der Waals surface area contributed by atoms with Crippen LogP contribution >= 0.6 is 0 Å². The zero-order chi connectivity index (χ0) is 10.9. The fraction of sp³-hybridized carbons (Fsp3) is 0.538. The van der Waals surface area contributed by atoms with Crippen LogP contribution in [-0.2, 0) is 13.0 Å². The van der Waals surface area contributed by atoms with Crippen LogP contribution in [0.15, 0.2) is 24.3 Å². The Bertz CT molecular complexity index is 271. The lowest BCUT2D eigenvalue weighted by molar-refractivity contribution is 0.638. The highest BCUT2D eigenvalue weighted by Crippen LogP contribution is 2.08. The van der Waals surface area contributed by atoms with Crippen LogP contribution in [-0.4, -0.2) is 13.1 Å². The normalized spacial score (nSPS) is 10.5. The smallest absolute Gasteiger partial charge is 0.0208 e. The predicted octanol–water partition coefficient (Wildman–Crippen LogP) is 2.08. The summed E-state index contributed by atoms with van der Waals surface area (Å²) < 4.78 is 0. The van der Waals surface area contributed by atoms with E-state index in [4.69, 9.17) is 5.73 Å². The molecule has 0 radical (unpaired) electrons. The van der Waals surface area contributed by atoms with E-state index < -0.39 is 0 Å². The molecular formula is C13H22N2. The highest BCUT2D eigenvalue weighted by Gasteiger charge is 1.99. The molecule has 1 aromatic carbocycles. The summed E-state index contributed by atoms with van der Waals surface area (Å²) in [6, 6.07) is 8.53. The van der Waals surface area contributed by atoms with Gasteiger partial charge in [-0.1, -0.05) is 37.6 Å². The van der Waals surface area contributed by atoms with Gasteiger partial charge in [-0.25, -0.2) is 0 Å². The molecule has 1 rings (SSSR count). The van der Waals surface area contributed by atoms with Crippen LogP contribution in [0.4, 0.5) is 0 Å². The number of nitrogens with two attached hydrogens (primary N) is 1. The topological polar surface area (TPSA) is 38.0 Å². The standard InChI is InChI=1S/C13H22N2/c1-2-3-10-15-11-13-7-5-4-6-12(13)8-9-14/h4-7,15H,2-3,8-11,14H2,1H3. The molecule has 0 aliphatic heterocycles. The molecule has 0 saturated carbocycles. The molecule has 0 heterocycles. The molecule has 84 valence electrons. The van der Waals surface area contributed by atoms with E-state index in [1.54, 1.807) is 0 Å². The van der Waals surface area contributed by atoms with Gasteiger partial charge in [-0.15, -0.1) is 0 Å². The average molecular weight is 206 g/mol. The van der Waals surface area contributed by atoms with Crippen LogP contribution in [0.5, 0.6) is 0 Å². The number of hydrogen-bond acceptors (Lipinski definition) is 2. The summed E-state index contributed by atoms with van der Waals surface area (Å²) in [5.74, 6) is 0. The van der Waals surface area contributed by atoms with E-state index in [9.17, 15) is 0 Å². The van der Waals surface area contributed by atoms with Gasteiger partial charge in [-0.2, -0.15) is 0 Å². The van der Waals surface area contributed by atoms with Crippen molar-refractivity contribution in [3.8, 4) is 0 Å². The van der Waals surface area contributed by atoms with Gasteiger partial charge < -0.3 is 11.1 Å². The maximum Gasteiger partial charge on any atom is 0.0208 e. The number of rotatable bonds is 7. The third-order valence-corrected chi connectivity index (χ3v) is 2.55. The summed E-state index contributed by atoms with van der Waals surface area (Å²) in [6.07, 6.45) is 3.47. The molecule has 0 aliphatic rings. The molecule has 2 heteroatoms. The minimum Gasteiger partial charge on any atom is -0.330 e. The van der Waals surface area contributed by atoms with Crippen molar-refractivity contribution in [3.63, 3.8) is 0 Å². The predicted molar refractivity (Wildman–Crippen MR) is 65.8 cm³/mol. The number of benzene rings is 1. The van der Waals surface area contributed by atoms with Crippen molar-refractivity contribution in [2.24, 2.45) is 5.73 Å². The van der Waals surface area contributed by atoms with Gasteiger partial charge >= 0.3 is 0 Å². The minimum atomic E-state index is 0.728. The zero-order valence-corrected chi connectivity index (χ0v) is 9.63. The summed E-state index contributed by atoms with van der Waals surface area (Å²) in [5, 5.41) is 3.46. The van der Waals surface area contributed by atoms with Crippen molar-refractivity contribution in [1.29, 1.82) is 0 Å².